The van der Waals surface area contributed by atoms with Crippen LogP contribution in [0.25, 0.3) is 0 Å². The normalized spacial score (nSPS) is 15.0. The Balaban J connectivity index is 1.66. The van der Waals surface area contributed by atoms with Crippen LogP contribution in [0.4, 0.5) is 5.82 Å². The van der Waals surface area contributed by atoms with Crippen molar-refractivity contribution in [3.63, 3.8) is 0 Å². The van der Waals surface area contributed by atoms with E-state index in [9.17, 15) is 4.79 Å². The van der Waals surface area contributed by atoms with Crippen molar-refractivity contribution >= 4 is 11.7 Å². The Morgan fingerprint density at radius 1 is 1.21 bits per heavy atom. The van der Waals surface area contributed by atoms with Gasteiger partial charge in [-0.25, -0.2) is 9.97 Å². The number of nitrogens with one attached hydrogen (secondary N) is 1. The van der Waals surface area contributed by atoms with E-state index in [0.717, 1.165) is 5.69 Å². The molecule has 1 fully saturated rings. The summed E-state index contributed by atoms with van der Waals surface area (Å²) in [5.74, 6) is 1.38. The van der Waals surface area contributed by atoms with Gasteiger partial charge in [0.1, 0.15) is 5.69 Å². The average molecular weight is 325 g/mol. The zero-order valence-corrected chi connectivity index (χ0v) is 14.0. The third-order valence-electron chi connectivity index (χ3n) is 4.32. The van der Waals surface area contributed by atoms with Crippen molar-refractivity contribution in [3.05, 3.63) is 47.9 Å². The van der Waals surface area contributed by atoms with Crippen LogP contribution in [0.3, 0.4) is 0 Å². The van der Waals surface area contributed by atoms with Crippen LogP contribution >= 0.6 is 0 Å². The molecule has 0 spiro atoms. The molecule has 0 atom stereocenters. The van der Waals surface area contributed by atoms with Crippen LogP contribution in [0.2, 0.25) is 0 Å². The Morgan fingerprint density at radius 2 is 2.04 bits per heavy atom. The van der Waals surface area contributed by atoms with Crippen LogP contribution in [-0.2, 0) is 0 Å². The molecule has 1 aliphatic carbocycles. The zero-order valence-electron chi connectivity index (χ0n) is 14.0. The minimum absolute atomic E-state index is 0.278. The predicted octanol–water partition coefficient (Wildman–Crippen LogP) is 4.00. The van der Waals surface area contributed by atoms with Crippen molar-refractivity contribution in [2.75, 3.05) is 11.9 Å². The van der Waals surface area contributed by atoms with Gasteiger partial charge >= 0.3 is 0 Å². The first-order valence-electron chi connectivity index (χ1n) is 8.55. The molecule has 2 aromatic rings. The molecule has 5 nitrogen and oxygen atoms in total. The van der Waals surface area contributed by atoms with Crippen LogP contribution in [-0.4, -0.2) is 22.5 Å². The molecule has 5 heteroatoms. The number of pyridine rings is 2. The predicted molar refractivity (Wildman–Crippen MR) is 93.2 cm³/mol. The second-order valence-corrected chi connectivity index (χ2v) is 6.28. The first kappa shape index (κ1) is 16.4. The van der Waals surface area contributed by atoms with Crippen LogP contribution in [0.15, 0.2) is 36.5 Å². The Bertz CT molecular complexity index is 697. The number of ether oxygens (including phenoxy) is 1. The molecule has 2 heterocycles. The maximum atomic E-state index is 12.4. The van der Waals surface area contributed by atoms with Gasteiger partial charge in [0.05, 0.1) is 6.61 Å². The van der Waals surface area contributed by atoms with E-state index in [1.165, 1.54) is 32.1 Å². The van der Waals surface area contributed by atoms with Gasteiger partial charge in [0.25, 0.3) is 5.91 Å². The minimum Gasteiger partial charge on any atom is -0.489 e. The number of aryl methyl sites for hydroxylation is 1. The number of carbonyl (C=O) groups is 1. The molecule has 0 unspecified atom stereocenters. The van der Waals surface area contributed by atoms with E-state index in [1.807, 2.05) is 31.2 Å². The quantitative estimate of drug-likeness (QED) is 0.902. The van der Waals surface area contributed by atoms with E-state index in [4.69, 9.17) is 4.74 Å². The summed E-state index contributed by atoms with van der Waals surface area (Å²) in [5, 5.41) is 2.80. The van der Waals surface area contributed by atoms with Gasteiger partial charge in [-0.3, -0.25) is 4.79 Å². The second-order valence-electron chi connectivity index (χ2n) is 6.28. The molecule has 126 valence electrons. The smallest absolute Gasteiger partial charge is 0.275 e. The topological polar surface area (TPSA) is 64.1 Å². The Hall–Kier alpha value is -2.43. The lowest BCUT2D eigenvalue weighted by Gasteiger charge is -2.22. The first-order valence-corrected chi connectivity index (χ1v) is 8.55. The van der Waals surface area contributed by atoms with Gasteiger partial charge in [-0.15, -0.1) is 0 Å². The van der Waals surface area contributed by atoms with E-state index < -0.39 is 0 Å². The van der Waals surface area contributed by atoms with Gasteiger partial charge in [-0.05, 0) is 49.9 Å². The van der Waals surface area contributed by atoms with Gasteiger partial charge in [0, 0.05) is 11.9 Å². The molecular formula is C19H23N3O2. The van der Waals surface area contributed by atoms with Crippen molar-refractivity contribution in [1.82, 2.24) is 9.97 Å². The number of hydrogen-bond acceptors (Lipinski definition) is 4. The minimum atomic E-state index is -0.278. The summed E-state index contributed by atoms with van der Waals surface area (Å²) in [4.78, 5) is 20.8. The molecular weight excluding hydrogens is 302 g/mol. The fourth-order valence-electron chi connectivity index (χ4n) is 3.00. The number of nitrogens with zero attached hydrogens (tertiary/aromatic N) is 2. The van der Waals surface area contributed by atoms with E-state index in [2.05, 4.69) is 15.3 Å². The summed E-state index contributed by atoms with van der Waals surface area (Å²) < 4.78 is 5.94. The van der Waals surface area contributed by atoms with Crippen LogP contribution in [0, 0.1) is 12.8 Å². The molecule has 0 aromatic carbocycles. The molecule has 2 aromatic heterocycles. The zero-order chi connectivity index (χ0) is 16.8. The van der Waals surface area contributed by atoms with Crippen LogP contribution in [0.1, 0.15) is 48.3 Å². The van der Waals surface area contributed by atoms with Gasteiger partial charge in [0.15, 0.2) is 11.6 Å². The van der Waals surface area contributed by atoms with Gasteiger partial charge in [0.2, 0.25) is 0 Å². The molecule has 1 N–H and O–H groups in total. The summed E-state index contributed by atoms with van der Waals surface area (Å²) in [6.45, 7) is 2.54. The Morgan fingerprint density at radius 3 is 2.83 bits per heavy atom. The third kappa shape index (κ3) is 4.31. The largest absolute Gasteiger partial charge is 0.489 e. The molecule has 0 aliphatic heterocycles. The van der Waals surface area contributed by atoms with Gasteiger partial charge in [-0.1, -0.05) is 25.3 Å². The van der Waals surface area contributed by atoms with E-state index >= 15 is 0 Å². The monoisotopic (exact) mass is 325 g/mol. The summed E-state index contributed by atoms with van der Waals surface area (Å²) in [5.41, 5.74) is 1.18. The highest BCUT2D eigenvalue weighted by atomic mass is 16.5. The molecule has 3 rings (SSSR count). The average Bonchev–Trinajstić information content (AvgIpc) is 2.62. The first-order chi connectivity index (χ1) is 11.7. The lowest BCUT2D eigenvalue weighted by Crippen LogP contribution is -2.18. The number of carbonyl (C=O) groups excluding carboxylic acids is 1. The second kappa shape index (κ2) is 7.90. The van der Waals surface area contributed by atoms with Crippen molar-refractivity contribution in [2.24, 2.45) is 5.92 Å². The van der Waals surface area contributed by atoms with Gasteiger partial charge in [-0.2, -0.15) is 0 Å². The van der Waals surface area contributed by atoms with Crippen molar-refractivity contribution in [2.45, 2.75) is 39.0 Å². The van der Waals surface area contributed by atoms with Crippen molar-refractivity contribution in [1.29, 1.82) is 0 Å². The van der Waals surface area contributed by atoms with Crippen molar-refractivity contribution < 1.29 is 9.53 Å². The molecule has 0 radical (unpaired) electrons. The highest BCUT2D eigenvalue weighted by molar-refractivity contribution is 6.03. The van der Waals surface area contributed by atoms with E-state index in [0.29, 0.717) is 29.8 Å². The fourth-order valence-corrected chi connectivity index (χ4v) is 3.00. The van der Waals surface area contributed by atoms with Crippen LogP contribution in [0.5, 0.6) is 5.75 Å². The number of aromatic nitrogens is 2. The molecule has 1 amide bonds. The SMILES string of the molecule is Cc1cccc(C(=O)Nc2ncccc2OCC2CCCCC2)n1. The van der Waals surface area contributed by atoms with Gasteiger partial charge < -0.3 is 10.1 Å². The lowest BCUT2D eigenvalue weighted by molar-refractivity contribution is 0.102. The third-order valence-corrected chi connectivity index (χ3v) is 4.32. The van der Waals surface area contributed by atoms with Crippen molar-refractivity contribution in [3.8, 4) is 5.75 Å². The van der Waals surface area contributed by atoms with E-state index in [1.54, 1.807) is 12.3 Å². The lowest BCUT2D eigenvalue weighted by atomic mass is 9.90. The molecule has 0 saturated heterocycles. The fraction of sp³-hybridized carbons (Fsp3) is 0.421. The molecule has 24 heavy (non-hydrogen) atoms. The van der Waals surface area contributed by atoms with E-state index in [-0.39, 0.29) is 5.91 Å². The molecule has 1 aliphatic rings. The summed E-state index contributed by atoms with van der Waals surface area (Å²) in [6, 6.07) is 9.02. The number of rotatable bonds is 5. The highest BCUT2D eigenvalue weighted by Gasteiger charge is 2.16. The summed E-state index contributed by atoms with van der Waals surface area (Å²) in [6.07, 6.45) is 7.97. The highest BCUT2D eigenvalue weighted by Crippen LogP contribution is 2.27. The standard InChI is InChI=1S/C19H23N3O2/c1-14-7-5-10-16(21-14)19(23)22-18-17(11-6-12-20-18)24-13-15-8-3-2-4-9-15/h5-7,10-12,15H,2-4,8-9,13H2,1H3,(H,20,22,23). The Kier molecular flexibility index (Phi) is 5.41. The molecule has 1 saturated carbocycles. The molecule has 0 bridgehead atoms. The Labute approximate surface area is 142 Å². The maximum absolute atomic E-state index is 12.4. The maximum Gasteiger partial charge on any atom is 0.275 e. The summed E-state index contributed by atoms with van der Waals surface area (Å²) in [7, 11) is 0. The number of hydrogen-bond donors (Lipinski definition) is 1. The van der Waals surface area contributed by atoms with Crippen LogP contribution < -0.4 is 10.1 Å². The number of amides is 1. The summed E-state index contributed by atoms with van der Waals surface area (Å²) >= 11 is 0. The number of anilines is 1.